The van der Waals surface area contributed by atoms with Crippen molar-refractivity contribution in [2.75, 3.05) is 31.1 Å². The second-order valence-electron chi connectivity index (χ2n) is 7.52. The minimum Gasteiger partial charge on any atom is -0.357 e. The fourth-order valence-electron chi connectivity index (χ4n) is 3.56. The van der Waals surface area contributed by atoms with Crippen LogP contribution in [0.25, 0.3) is 0 Å². The van der Waals surface area contributed by atoms with Crippen LogP contribution in [0, 0.1) is 5.92 Å². The van der Waals surface area contributed by atoms with Gasteiger partial charge in [-0.05, 0) is 44.9 Å². The molecule has 0 heterocycles. The van der Waals surface area contributed by atoms with Gasteiger partial charge in [-0.2, -0.15) is 0 Å². The van der Waals surface area contributed by atoms with E-state index < -0.39 is 20.8 Å². The Bertz CT molecular complexity index is 606. The highest BCUT2D eigenvalue weighted by Crippen LogP contribution is 2.25. The molecule has 0 amide bonds. The van der Waals surface area contributed by atoms with E-state index in [1.54, 1.807) is 0 Å². The van der Waals surface area contributed by atoms with Crippen molar-refractivity contribution in [2.45, 2.75) is 70.1 Å². The molecule has 2 aliphatic rings. The Morgan fingerprint density at radius 2 is 1.89 bits per heavy atom. The van der Waals surface area contributed by atoms with Gasteiger partial charge in [0.15, 0.2) is 5.96 Å². The molecule has 0 spiro atoms. The topological polar surface area (TPSA) is 99.7 Å². The van der Waals surface area contributed by atoms with Gasteiger partial charge in [0.2, 0.25) is 10.0 Å². The van der Waals surface area contributed by atoms with Crippen LogP contribution in [-0.2, 0) is 20.8 Å². The first-order valence-corrected chi connectivity index (χ1v) is 13.4. The number of nitrogens with one attached hydrogen (secondary N) is 3. The average molecular weight is 421 g/mol. The maximum Gasteiger partial charge on any atom is 0.213 e. The standard InChI is InChI=1S/C18H36N4O3S2/c1-3-19-18(22-16-9-6-10-17(13-16)26(23)4-2)20-11-12-27(24,25)21-14-15-7-5-8-15/h15-17,21H,3-14H2,1-2H3,(H2,19,20,22). The van der Waals surface area contributed by atoms with Crippen molar-refractivity contribution < 1.29 is 12.6 Å². The van der Waals surface area contributed by atoms with E-state index in [1.807, 2.05) is 13.8 Å². The Morgan fingerprint density at radius 3 is 2.52 bits per heavy atom. The highest BCUT2D eigenvalue weighted by molar-refractivity contribution is 7.89. The van der Waals surface area contributed by atoms with Gasteiger partial charge in [-0.15, -0.1) is 0 Å². The van der Waals surface area contributed by atoms with Crippen LogP contribution >= 0.6 is 0 Å². The number of guanidine groups is 1. The number of nitrogens with zero attached hydrogens (tertiary/aromatic N) is 1. The minimum absolute atomic E-state index is 0.00341. The molecule has 0 radical (unpaired) electrons. The van der Waals surface area contributed by atoms with E-state index in [4.69, 9.17) is 0 Å². The molecule has 0 aromatic carbocycles. The fraction of sp³-hybridized carbons (Fsp3) is 0.944. The highest BCUT2D eigenvalue weighted by atomic mass is 32.2. The molecule has 3 unspecified atom stereocenters. The lowest BCUT2D eigenvalue weighted by molar-refractivity contribution is 0.316. The van der Waals surface area contributed by atoms with E-state index in [1.165, 1.54) is 6.42 Å². The van der Waals surface area contributed by atoms with Crippen LogP contribution in [0.1, 0.15) is 58.8 Å². The van der Waals surface area contributed by atoms with Crippen molar-refractivity contribution in [3.8, 4) is 0 Å². The molecule has 2 saturated carbocycles. The lowest BCUT2D eigenvalue weighted by Crippen LogP contribution is -2.47. The average Bonchev–Trinajstić information content (AvgIpc) is 2.59. The summed E-state index contributed by atoms with van der Waals surface area (Å²) in [6.07, 6.45) is 7.46. The monoisotopic (exact) mass is 420 g/mol. The smallest absolute Gasteiger partial charge is 0.213 e. The van der Waals surface area contributed by atoms with Crippen LogP contribution in [0.15, 0.2) is 4.99 Å². The zero-order valence-electron chi connectivity index (χ0n) is 16.7. The van der Waals surface area contributed by atoms with Crippen molar-refractivity contribution in [3.05, 3.63) is 0 Å². The fourth-order valence-corrected chi connectivity index (χ4v) is 5.87. The van der Waals surface area contributed by atoms with Gasteiger partial charge in [-0.1, -0.05) is 19.8 Å². The van der Waals surface area contributed by atoms with Crippen molar-refractivity contribution >= 4 is 26.8 Å². The Kier molecular flexibility index (Phi) is 9.52. The summed E-state index contributed by atoms with van der Waals surface area (Å²) in [5.41, 5.74) is 0. The molecule has 0 bridgehead atoms. The Balaban J connectivity index is 1.81. The van der Waals surface area contributed by atoms with Gasteiger partial charge >= 0.3 is 0 Å². The van der Waals surface area contributed by atoms with Gasteiger partial charge in [0.1, 0.15) is 0 Å². The molecule has 3 atom stereocenters. The van der Waals surface area contributed by atoms with E-state index in [2.05, 4.69) is 20.3 Å². The molecule has 0 aromatic rings. The van der Waals surface area contributed by atoms with Gasteiger partial charge in [-0.25, -0.2) is 13.1 Å². The van der Waals surface area contributed by atoms with E-state index in [0.29, 0.717) is 24.2 Å². The number of hydrogen-bond donors (Lipinski definition) is 3. The van der Waals surface area contributed by atoms with Crippen LogP contribution in [0.3, 0.4) is 0 Å². The molecular weight excluding hydrogens is 384 g/mol. The quantitative estimate of drug-likeness (QED) is 0.366. The van der Waals surface area contributed by atoms with E-state index in [-0.39, 0.29) is 23.6 Å². The van der Waals surface area contributed by atoms with E-state index in [0.717, 1.165) is 45.1 Å². The van der Waals surface area contributed by atoms with Crippen LogP contribution in [0.5, 0.6) is 0 Å². The lowest BCUT2D eigenvalue weighted by Gasteiger charge is -2.30. The summed E-state index contributed by atoms with van der Waals surface area (Å²) in [6, 6.07) is 0.241. The van der Waals surface area contributed by atoms with Crippen molar-refractivity contribution in [2.24, 2.45) is 10.9 Å². The van der Waals surface area contributed by atoms with Gasteiger partial charge in [0.25, 0.3) is 0 Å². The van der Waals surface area contributed by atoms with Gasteiger partial charge in [0.05, 0.1) is 12.3 Å². The Hall–Kier alpha value is -0.670. The predicted molar refractivity (Wildman–Crippen MR) is 113 cm³/mol. The van der Waals surface area contributed by atoms with Crippen molar-refractivity contribution in [1.29, 1.82) is 0 Å². The molecule has 2 fully saturated rings. The molecule has 7 nitrogen and oxygen atoms in total. The van der Waals surface area contributed by atoms with E-state index >= 15 is 0 Å². The number of aliphatic imine (C=N–C) groups is 1. The second-order valence-corrected chi connectivity index (χ2v) is 11.5. The zero-order chi connectivity index (χ0) is 19.7. The zero-order valence-corrected chi connectivity index (χ0v) is 18.3. The SMILES string of the molecule is CCNC(=NCCS(=O)(=O)NCC1CCC1)NC1CCCC(S(=O)CC)C1. The molecule has 2 rings (SSSR count). The minimum atomic E-state index is -3.27. The molecule has 9 heteroatoms. The maximum atomic E-state index is 12.1. The van der Waals surface area contributed by atoms with E-state index in [9.17, 15) is 12.6 Å². The predicted octanol–water partition coefficient (Wildman–Crippen LogP) is 1.34. The summed E-state index contributed by atoms with van der Waals surface area (Å²) in [4.78, 5) is 4.44. The molecule has 0 aromatic heterocycles. The van der Waals surface area contributed by atoms with Gasteiger partial charge < -0.3 is 10.6 Å². The third-order valence-corrected chi connectivity index (χ3v) is 8.48. The molecule has 0 aliphatic heterocycles. The first-order valence-electron chi connectivity index (χ1n) is 10.3. The molecule has 0 saturated heterocycles. The molecule has 2 aliphatic carbocycles. The third kappa shape index (κ3) is 8.07. The normalized spacial score (nSPS) is 25.6. The summed E-state index contributed by atoms with van der Waals surface area (Å²) >= 11 is 0. The van der Waals surface area contributed by atoms with Gasteiger partial charge in [-0.3, -0.25) is 9.20 Å². The molecular formula is C18H36N4O3S2. The molecule has 158 valence electrons. The largest absolute Gasteiger partial charge is 0.357 e. The molecule has 3 N–H and O–H groups in total. The van der Waals surface area contributed by atoms with Crippen molar-refractivity contribution in [3.63, 3.8) is 0 Å². The summed E-state index contributed by atoms with van der Waals surface area (Å²) in [5.74, 6) is 1.87. The highest BCUT2D eigenvalue weighted by Gasteiger charge is 2.26. The number of sulfonamides is 1. The Morgan fingerprint density at radius 1 is 1.15 bits per heavy atom. The van der Waals surface area contributed by atoms with Crippen LogP contribution < -0.4 is 15.4 Å². The van der Waals surface area contributed by atoms with Crippen molar-refractivity contribution in [1.82, 2.24) is 15.4 Å². The number of hydrogen-bond acceptors (Lipinski definition) is 4. The van der Waals surface area contributed by atoms with Crippen LogP contribution in [0.2, 0.25) is 0 Å². The first-order chi connectivity index (χ1) is 12.9. The van der Waals surface area contributed by atoms with Crippen LogP contribution in [0.4, 0.5) is 0 Å². The number of rotatable bonds is 10. The maximum absolute atomic E-state index is 12.1. The lowest BCUT2D eigenvalue weighted by atomic mass is 9.86. The Labute approximate surface area is 167 Å². The second kappa shape index (κ2) is 11.4. The first kappa shape index (κ1) is 22.6. The summed E-state index contributed by atoms with van der Waals surface area (Å²) < 4.78 is 39.0. The summed E-state index contributed by atoms with van der Waals surface area (Å²) in [7, 11) is -4.03. The molecule has 27 heavy (non-hydrogen) atoms. The van der Waals surface area contributed by atoms with Crippen LogP contribution in [-0.4, -0.2) is 61.0 Å². The van der Waals surface area contributed by atoms with Gasteiger partial charge in [0, 0.05) is 40.9 Å². The third-order valence-electron chi connectivity index (χ3n) is 5.41. The summed E-state index contributed by atoms with van der Waals surface area (Å²) in [5, 5.41) is 6.85. The summed E-state index contributed by atoms with van der Waals surface area (Å²) in [6.45, 7) is 5.46.